The van der Waals surface area contributed by atoms with Crippen molar-refractivity contribution < 1.29 is 8.42 Å². The van der Waals surface area contributed by atoms with E-state index in [1.54, 1.807) is 13.0 Å². The van der Waals surface area contributed by atoms with Crippen LogP contribution < -0.4 is 5.73 Å². The lowest BCUT2D eigenvalue weighted by Gasteiger charge is -2.30. The molecular formula is C11H18N4O2S. The van der Waals surface area contributed by atoms with Gasteiger partial charge < -0.3 is 5.73 Å². The fourth-order valence-electron chi connectivity index (χ4n) is 2.10. The van der Waals surface area contributed by atoms with Gasteiger partial charge in [-0.1, -0.05) is 0 Å². The first-order valence-corrected chi connectivity index (χ1v) is 7.48. The molecule has 1 fully saturated rings. The molecule has 6 nitrogen and oxygen atoms in total. The van der Waals surface area contributed by atoms with Gasteiger partial charge in [0.25, 0.3) is 15.2 Å². The molecule has 100 valence electrons. The lowest BCUT2D eigenvalue weighted by atomic mass is 10.0. The maximum absolute atomic E-state index is 12.4. The average Bonchev–Trinajstić information content (AvgIpc) is 2.39. The first kappa shape index (κ1) is 13.4. The van der Waals surface area contributed by atoms with E-state index in [9.17, 15) is 8.42 Å². The summed E-state index contributed by atoms with van der Waals surface area (Å²) in [6, 6.07) is 1.68. The van der Waals surface area contributed by atoms with Gasteiger partial charge in [0.2, 0.25) is 0 Å². The number of rotatable bonds is 3. The van der Waals surface area contributed by atoms with Crippen molar-refractivity contribution in [3.63, 3.8) is 0 Å². The van der Waals surface area contributed by atoms with Gasteiger partial charge in [-0.15, -0.1) is 0 Å². The van der Waals surface area contributed by atoms with Crippen LogP contribution in [0.25, 0.3) is 0 Å². The zero-order chi connectivity index (χ0) is 13.2. The molecule has 0 aliphatic carbocycles. The molecule has 0 aromatic carbocycles. The fraction of sp³-hybridized carbons (Fsp3) is 0.636. The second-order valence-corrected chi connectivity index (χ2v) is 6.42. The Morgan fingerprint density at radius 2 is 2.33 bits per heavy atom. The molecule has 7 heteroatoms. The molecule has 1 aliphatic heterocycles. The summed E-state index contributed by atoms with van der Waals surface area (Å²) in [7, 11) is -3.57. The molecular weight excluding hydrogens is 252 g/mol. The van der Waals surface area contributed by atoms with Crippen LogP contribution in [0.15, 0.2) is 17.4 Å². The first-order valence-electron chi connectivity index (χ1n) is 6.04. The van der Waals surface area contributed by atoms with E-state index in [4.69, 9.17) is 5.73 Å². The highest BCUT2D eigenvalue weighted by atomic mass is 32.2. The standard InChI is InChI=1S/C11H18N4O2S/c1-9-4-5-13-11(14-9)18(16,17)15-6-2-3-10(7-12)8-15/h4-5,10H,2-3,6-8,12H2,1H3/t10-/m1/s1. The summed E-state index contributed by atoms with van der Waals surface area (Å²) in [5, 5.41) is -0.111. The number of hydrogen-bond donors (Lipinski definition) is 1. The maximum Gasteiger partial charge on any atom is 0.278 e. The highest BCUT2D eigenvalue weighted by Crippen LogP contribution is 2.21. The molecule has 2 rings (SSSR count). The van der Waals surface area contributed by atoms with Crippen LogP contribution in [0.5, 0.6) is 0 Å². The second kappa shape index (κ2) is 5.29. The molecule has 2 heterocycles. The maximum atomic E-state index is 12.4. The Morgan fingerprint density at radius 3 is 3.00 bits per heavy atom. The van der Waals surface area contributed by atoms with Crippen molar-refractivity contribution in [1.29, 1.82) is 0 Å². The Morgan fingerprint density at radius 1 is 1.56 bits per heavy atom. The molecule has 0 amide bonds. The Labute approximate surface area is 107 Å². The highest BCUT2D eigenvalue weighted by Gasteiger charge is 2.31. The minimum Gasteiger partial charge on any atom is -0.330 e. The van der Waals surface area contributed by atoms with Gasteiger partial charge in [-0.3, -0.25) is 0 Å². The summed E-state index contributed by atoms with van der Waals surface area (Å²) in [6.07, 6.45) is 3.30. The SMILES string of the molecule is Cc1ccnc(S(=O)(=O)N2CCC[C@H](CN)C2)n1. The van der Waals surface area contributed by atoms with Gasteiger partial charge in [-0.2, -0.15) is 4.31 Å². The van der Waals surface area contributed by atoms with Gasteiger partial charge in [0.1, 0.15) is 0 Å². The summed E-state index contributed by atoms with van der Waals surface area (Å²) < 4.78 is 26.2. The van der Waals surface area contributed by atoms with E-state index < -0.39 is 10.0 Å². The van der Waals surface area contributed by atoms with Crippen molar-refractivity contribution >= 4 is 10.0 Å². The van der Waals surface area contributed by atoms with Gasteiger partial charge in [-0.05, 0) is 38.3 Å². The molecule has 0 unspecified atom stereocenters. The smallest absolute Gasteiger partial charge is 0.278 e. The van der Waals surface area contributed by atoms with Gasteiger partial charge in [0, 0.05) is 25.0 Å². The largest absolute Gasteiger partial charge is 0.330 e. The molecule has 1 aliphatic rings. The van der Waals surface area contributed by atoms with Crippen molar-refractivity contribution in [2.45, 2.75) is 24.9 Å². The van der Waals surface area contributed by atoms with Crippen LogP contribution in [0, 0.1) is 12.8 Å². The highest BCUT2D eigenvalue weighted by molar-refractivity contribution is 7.88. The van der Waals surface area contributed by atoms with Crippen LogP contribution in [0.1, 0.15) is 18.5 Å². The normalized spacial score (nSPS) is 22.0. The predicted octanol–water partition coefficient (Wildman–Crippen LogP) is 0.144. The van der Waals surface area contributed by atoms with Crippen LogP contribution in [0.4, 0.5) is 0 Å². The van der Waals surface area contributed by atoms with Crippen LogP contribution in [-0.4, -0.2) is 42.3 Å². The van der Waals surface area contributed by atoms with E-state index in [2.05, 4.69) is 9.97 Å². The molecule has 1 atom stereocenters. The molecule has 0 radical (unpaired) electrons. The Hall–Kier alpha value is -1.05. The number of sulfonamides is 1. The zero-order valence-electron chi connectivity index (χ0n) is 10.4. The second-order valence-electron chi connectivity index (χ2n) is 4.59. The number of nitrogens with two attached hydrogens (primary N) is 1. The first-order chi connectivity index (χ1) is 8.54. The van der Waals surface area contributed by atoms with E-state index in [0.29, 0.717) is 25.3 Å². The molecule has 0 bridgehead atoms. The van der Waals surface area contributed by atoms with Gasteiger partial charge >= 0.3 is 0 Å². The van der Waals surface area contributed by atoms with Crippen LogP contribution in [0.2, 0.25) is 0 Å². The monoisotopic (exact) mass is 270 g/mol. The lowest BCUT2D eigenvalue weighted by Crippen LogP contribution is -2.42. The number of nitrogens with zero attached hydrogens (tertiary/aromatic N) is 3. The van der Waals surface area contributed by atoms with E-state index in [-0.39, 0.29) is 11.1 Å². The molecule has 18 heavy (non-hydrogen) atoms. The fourth-order valence-corrected chi connectivity index (χ4v) is 3.56. The molecule has 1 aromatic rings. The average molecular weight is 270 g/mol. The van der Waals surface area contributed by atoms with Gasteiger partial charge in [0.15, 0.2) is 0 Å². The Kier molecular flexibility index (Phi) is 3.94. The number of aryl methyl sites for hydroxylation is 1. The van der Waals surface area contributed by atoms with E-state index in [1.807, 2.05) is 0 Å². The summed E-state index contributed by atoms with van der Waals surface area (Å²) in [5.41, 5.74) is 6.27. The number of aromatic nitrogens is 2. The lowest BCUT2D eigenvalue weighted by molar-refractivity contribution is 0.270. The van der Waals surface area contributed by atoms with Crippen molar-refractivity contribution in [3.8, 4) is 0 Å². The van der Waals surface area contributed by atoms with Crippen molar-refractivity contribution in [2.24, 2.45) is 11.7 Å². The van der Waals surface area contributed by atoms with E-state index >= 15 is 0 Å². The topological polar surface area (TPSA) is 89.2 Å². The summed E-state index contributed by atoms with van der Waals surface area (Å²) in [4.78, 5) is 7.86. The molecule has 1 aromatic heterocycles. The summed E-state index contributed by atoms with van der Waals surface area (Å²) >= 11 is 0. The zero-order valence-corrected chi connectivity index (χ0v) is 11.2. The van der Waals surface area contributed by atoms with E-state index in [1.165, 1.54) is 10.5 Å². The summed E-state index contributed by atoms with van der Waals surface area (Å²) in [6.45, 7) is 3.26. The van der Waals surface area contributed by atoms with E-state index in [0.717, 1.165) is 12.8 Å². The summed E-state index contributed by atoms with van der Waals surface area (Å²) in [5.74, 6) is 0.235. The van der Waals surface area contributed by atoms with Crippen molar-refractivity contribution in [3.05, 3.63) is 18.0 Å². The molecule has 1 saturated heterocycles. The molecule has 0 saturated carbocycles. The minimum absolute atomic E-state index is 0.111. The van der Waals surface area contributed by atoms with Gasteiger partial charge in [0.05, 0.1) is 0 Å². The molecule has 2 N–H and O–H groups in total. The van der Waals surface area contributed by atoms with Crippen LogP contribution in [-0.2, 0) is 10.0 Å². The van der Waals surface area contributed by atoms with Crippen LogP contribution >= 0.6 is 0 Å². The number of hydrogen-bond acceptors (Lipinski definition) is 5. The molecule has 0 spiro atoms. The Balaban J connectivity index is 2.25. The predicted molar refractivity (Wildman–Crippen MR) is 67.3 cm³/mol. The Bertz CT molecular complexity index is 518. The third kappa shape index (κ3) is 2.68. The van der Waals surface area contributed by atoms with Crippen molar-refractivity contribution in [2.75, 3.05) is 19.6 Å². The van der Waals surface area contributed by atoms with Gasteiger partial charge in [-0.25, -0.2) is 18.4 Å². The quantitative estimate of drug-likeness (QED) is 0.789. The third-order valence-electron chi connectivity index (χ3n) is 3.16. The minimum atomic E-state index is -3.57. The third-order valence-corrected chi connectivity index (χ3v) is 4.83. The van der Waals surface area contributed by atoms with Crippen molar-refractivity contribution in [1.82, 2.24) is 14.3 Å². The number of piperidine rings is 1. The van der Waals surface area contributed by atoms with Crippen LogP contribution in [0.3, 0.4) is 0 Å².